The highest BCUT2D eigenvalue weighted by Gasteiger charge is 2.21. The summed E-state index contributed by atoms with van der Waals surface area (Å²) in [6.45, 7) is 5.80. The molecule has 0 amide bonds. The van der Waals surface area contributed by atoms with Crippen LogP contribution >= 0.6 is 0 Å². The summed E-state index contributed by atoms with van der Waals surface area (Å²) >= 11 is 0. The minimum absolute atomic E-state index is 0.504. The van der Waals surface area contributed by atoms with E-state index in [0.717, 1.165) is 6.54 Å². The third-order valence-electron chi connectivity index (χ3n) is 3.84. The standard InChI is InChI=1S/C15H22N4O/c1-3-7-16-14-6-4-5-12-8-19(9-13(12)14)10-15-17-11(2)18-20-15/h8-9,14,16H,3-7,10H2,1-2H3. The van der Waals surface area contributed by atoms with Crippen molar-refractivity contribution in [2.75, 3.05) is 6.54 Å². The minimum atomic E-state index is 0.504. The molecule has 0 bridgehead atoms. The van der Waals surface area contributed by atoms with E-state index in [1.54, 1.807) is 0 Å². The van der Waals surface area contributed by atoms with Gasteiger partial charge in [0.15, 0.2) is 5.82 Å². The number of nitrogens with one attached hydrogen (secondary N) is 1. The Balaban J connectivity index is 1.76. The van der Waals surface area contributed by atoms with E-state index in [-0.39, 0.29) is 0 Å². The van der Waals surface area contributed by atoms with E-state index >= 15 is 0 Å². The average Bonchev–Trinajstić information content (AvgIpc) is 3.02. The third kappa shape index (κ3) is 2.77. The second-order valence-corrected chi connectivity index (χ2v) is 5.55. The van der Waals surface area contributed by atoms with Gasteiger partial charge in [-0.15, -0.1) is 0 Å². The molecule has 1 N–H and O–H groups in total. The molecule has 0 aliphatic heterocycles. The van der Waals surface area contributed by atoms with Gasteiger partial charge in [-0.05, 0) is 50.3 Å². The van der Waals surface area contributed by atoms with Crippen molar-refractivity contribution >= 4 is 0 Å². The summed E-state index contributed by atoms with van der Waals surface area (Å²) in [6.07, 6.45) is 9.31. The molecule has 2 aromatic rings. The number of fused-ring (bicyclic) bond motifs is 1. The summed E-state index contributed by atoms with van der Waals surface area (Å²) < 4.78 is 7.36. The van der Waals surface area contributed by atoms with Crippen LogP contribution in [0.15, 0.2) is 16.9 Å². The molecule has 0 radical (unpaired) electrons. The van der Waals surface area contributed by atoms with Crippen molar-refractivity contribution in [2.24, 2.45) is 0 Å². The Morgan fingerprint density at radius 1 is 1.45 bits per heavy atom. The molecular formula is C15H22N4O. The molecule has 1 aliphatic carbocycles. The van der Waals surface area contributed by atoms with Gasteiger partial charge < -0.3 is 14.4 Å². The van der Waals surface area contributed by atoms with Crippen molar-refractivity contribution in [3.63, 3.8) is 0 Å². The largest absolute Gasteiger partial charge is 0.344 e. The Bertz CT molecular complexity index is 572. The Morgan fingerprint density at radius 3 is 3.10 bits per heavy atom. The fourth-order valence-electron chi connectivity index (χ4n) is 2.93. The zero-order chi connectivity index (χ0) is 13.9. The number of nitrogens with zero attached hydrogens (tertiary/aromatic N) is 3. The van der Waals surface area contributed by atoms with Crippen molar-refractivity contribution in [3.8, 4) is 0 Å². The molecule has 0 spiro atoms. The van der Waals surface area contributed by atoms with Crippen molar-refractivity contribution in [2.45, 2.75) is 52.1 Å². The van der Waals surface area contributed by atoms with Crippen molar-refractivity contribution in [1.82, 2.24) is 20.0 Å². The molecule has 1 unspecified atom stereocenters. The lowest BCUT2D eigenvalue weighted by atomic mass is 9.91. The van der Waals surface area contributed by atoms with Crippen LogP contribution < -0.4 is 5.32 Å². The normalized spacial score (nSPS) is 18.2. The zero-order valence-electron chi connectivity index (χ0n) is 12.2. The molecule has 5 nitrogen and oxygen atoms in total. The van der Waals surface area contributed by atoms with E-state index in [2.05, 4.69) is 39.3 Å². The van der Waals surface area contributed by atoms with Crippen molar-refractivity contribution in [3.05, 3.63) is 35.2 Å². The fraction of sp³-hybridized carbons (Fsp3) is 0.600. The number of rotatable bonds is 5. The smallest absolute Gasteiger partial charge is 0.246 e. The highest BCUT2D eigenvalue weighted by atomic mass is 16.5. The molecule has 108 valence electrons. The van der Waals surface area contributed by atoms with E-state index in [1.165, 1.54) is 36.8 Å². The predicted molar refractivity (Wildman–Crippen MR) is 76.5 cm³/mol. The van der Waals surface area contributed by atoms with Gasteiger partial charge in [0, 0.05) is 18.4 Å². The maximum absolute atomic E-state index is 5.19. The fourth-order valence-corrected chi connectivity index (χ4v) is 2.93. The van der Waals surface area contributed by atoms with Crippen LogP contribution in [0.4, 0.5) is 0 Å². The SMILES string of the molecule is CCCNC1CCCc2cn(Cc3nc(C)no3)cc21. The number of aryl methyl sites for hydroxylation is 2. The molecule has 0 saturated heterocycles. The molecule has 0 saturated carbocycles. The quantitative estimate of drug-likeness (QED) is 0.910. The van der Waals surface area contributed by atoms with Gasteiger partial charge in [-0.3, -0.25) is 0 Å². The van der Waals surface area contributed by atoms with Crippen LogP contribution in [0.25, 0.3) is 0 Å². The van der Waals surface area contributed by atoms with E-state index in [4.69, 9.17) is 4.52 Å². The number of hydrogen-bond donors (Lipinski definition) is 1. The van der Waals surface area contributed by atoms with E-state index < -0.39 is 0 Å². The van der Waals surface area contributed by atoms with Gasteiger partial charge >= 0.3 is 0 Å². The summed E-state index contributed by atoms with van der Waals surface area (Å²) in [4.78, 5) is 4.27. The van der Waals surface area contributed by atoms with Gasteiger partial charge in [0.25, 0.3) is 0 Å². The molecule has 1 aliphatic rings. The second kappa shape index (κ2) is 5.79. The Kier molecular flexibility index (Phi) is 3.87. The Morgan fingerprint density at radius 2 is 2.35 bits per heavy atom. The van der Waals surface area contributed by atoms with Crippen molar-refractivity contribution < 1.29 is 4.52 Å². The first-order valence-electron chi connectivity index (χ1n) is 7.47. The summed E-state index contributed by atoms with van der Waals surface area (Å²) in [5, 5.41) is 7.48. The predicted octanol–water partition coefficient (Wildman–Crippen LogP) is 2.60. The zero-order valence-corrected chi connectivity index (χ0v) is 12.2. The molecule has 2 aromatic heterocycles. The lowest BCUT2D eigenvalue weighted by Gasteiger charge is -2.23. The molecule has 0 fully saturated rings. The van der Waals surface area contributed by atoms with Crippen LogP contribution in [0.5, 0.6) is 0 Å². The maximum Gasteiger partial charge on any atom is 0.246 e. The first-order chi connectivity index (χ1) is 9.76. The second-order valence-electron chi connectivity index (χ2n) is 5.55. The van der Waals surface area contributed by atoms with Crippen LogP contribution in [-0.4, -0.2) is 21.3 Å². The van der Waals surface area contributed by atoms with Gasteiger partial charge in [-0.1, -0.05) is 12.1 Å². The van der Waals surface area contributed by atoms with E-state index in [1.807, 2.05) is 6.92 Å². The summed E-state index contributed by atoms with van der Waals surface area (Å²) in [7, 11) is 0. The molecule has 5 heteroatoms. The first-order valence-corrected chi connectivity index (χ1v) is 7.47. The van der Waals surface area contributed by atoms with E-state index in [9.17, 15) is 0 Å². The molecule has 1 atom stereocenters. The van der Waals surface area contributed by atoms with Crippen LogP contribution in [0, 0.1) is 6.92 Å². The molecule has 2 heterocycles. The third-order valence-corrected chi connectivity index (χ3v) is 3.84. The number of aromatic nitrogens is 3. The summed E-state index contributed by atoms with van der Waals surface area (Å²) in [5.74, 6) is 1.37. The lowest BCUT2D eigenvalue weighted by molar-refractivity contribution is 0.367. The molecule has 0 aromatic carbocycles. The van der Waals surface area contributed by atoms with Gasteiger partial charge in [0.1, 0.15) is 6.54 Å². The lowest BCUT2D eigenvalue weighted by Crippen LogP contribution is -2.24. The van der Waals surface area contributed by atoms with E-state index in [0.29, 0.717) is 24.3 Å². The first kappa shape index (κ1) is 13.4. The topological polar surface area (TPSA) is 55.9 Å². The molecular weight excluding hydrogens is 252 g/mol. The van der Waals surface area contributed by atoms with Gasteiger partial charge in [-0.25, -0.2) is 0 Å². The van der Waals surface area contributed by atoms with Gasteiger partial charge in [-0.2, -0.15) is 4.98 Å². The van der Waals surface area contributed by atoms with Gasteiger partial charge in [0.2, 0.25) is 5.89 Å². The monoisotopic (exact) mass is 274 g/mol. The molecule has 3 rings (SSSR count). The van der Waals surface area contributed by atoms with Crippen LogP contribution in [0.1, 0.15) is 55.1 Å². The van der Waals surface area contributed by atoms with Crippen LogP contribution in [0.3, 0.4) is 0 Å². The minimum Gasteiger partial charge on any atom is -0.344 e. The highest BCUT2D eigenvalue weighted by Crippen LogP contribution is 2.30. The van der Waals surface area contributed by atoms with Crippen molar-refractivity contribution in [1.29, 1.82) is 0 Å². The summed E-state index contributed by atoms with van der Waals surface area (Å²) in [6, 6.07) is 0.504. The van der Waals surface area contributed by atoms with Gasteiger partial charge in [0.05, 0.1) is 0 Å². The van der Waals surface area contributed by atoms with Crippen LogP contribution in [0.2, 0.25) is 0 Å². The molecule has 20 heavy (non-hydrogen) atoms. The average molecular weight is 274 g/mol. The highest BCUT2D eigenvalue weighted by molar-refractivity contribution is 5.30. The summed E-state index contributed by atoms with van der Waals surface area (Å²) in [5.41, 5.74) is 2.90. The Labute approximate surface area is 119 Å². The maximum atomic E-state index is 5.19. The Hall–Kier alpha value is -1.62. The van der Waals surface area contributed by atoms with Crippen LogP contribution in [-0.2, 0) is 13.0 Å². The number of hydrogen-bond acceptors (Lipinski definition) is 4.